The van der Waals surface area contributed by atoms with Crippen LogP contribution in [0.2, 0.25) is 0 Å². The average Bonchev–Trinajstić information content (AvgIpc) is 3.43. The van der Waals surface area contributed by atoms with Gasteiger partial charge in [-0.25, -0.2) is 0 Å². The second kappa shape index (κ2) is 7.23. The first kappa shape index (κ1) is 17.9. The Kier molecular flexibility index (Phi) is 4.78. The summed E-state index contributed by atoms with van der Waals surface area (Å²) in [7, 11) is 1.62. The van der Waals surface area contributed by atoms with Crippen molar-refractivity contribution in [2.75, 3.05) is 39.8 Å². The summed E-state index contributed by atoms with van der Waals surface area (Å²) in [6, 6.07) is 5.95. The molecular weight excluding hydrogens is 346 g/mol. The number of furan rings is 1. The van der Waals surface area contributed by atoms with Crippen molar-refractivity contribution in [3.63, 3.8) is 0 Å². The molecule has 0 bridgehead atoms. The minimum absolute atomic E-state index is 0.0795. The van der Waals surface area contributed by atoms with E-state index in [1.807, 2.05) is 30.0 Å². The molecule has 0 unspecified atom stereocenters. The molecule has 1 saturated heterocycles. The zero-order valence-corrected chi connectivity index (χ0v) is 15.8. The second-order valence-electron chi connectivity index (χ2n) is 7.48. The lowest BCUT2D eigenvalue weighted by atomic mass is 10.1. The van der Waals surface area contributed by atoms with Crippen LogP contribution in [0.25, 0.3) is 11.0 Å². The summed E-state index contributed by atoms with van der Waals surface area (Å²) in [5.41, 5.74) is 1.53. The van der Waals surface area contributed by atoms with E-state index in [4.69, 9.17) is 9.15 Å². The van der Waals surface area contributed by atoms with Gasteiger partial charge in [-0.15, -0.1) is 0 Å². The average molecular weight is 372 g/mol. The smallest absolute Gasteiger partial charge is 0.290 e. The number of quaternary nitrogens is 1. The number of carbonyl (C=O) groups excluding carboxylic acids is 2. The SMILES string of the molecule is COc1ccc2oc(C(=O)N3CC[NH+](CC(=O)NC4CC4)CC3)c(C)c2c1. The first-order valence-corrected chi connectivity index (χ1v) is 9.54. The van der Waals surface area contributed by atoms with Crippen LogP contribution in [0.3, 0.4) is 0 Å². The van der Waals surface area contributed by atoms with Crippen molar-refractivity contribution in [2.24, 2.45) is 0 Å². The van der Waals surface area contributed by atoms with Gasteiger partial charge >= 0.3 is 0 Å². The number of hydrogen-bond acceptors (Lipinski definition) is 4. The van der Waals surface area contributed by atoms with Gasteiger partial charge < -0.3 is 24.3 Å². The van der Waals surface area contributed by atoms with Crippen molar-refractivity contribution in [2.45, 2.75) is 25.8 Å². The lowest BCUT2D eigenvalue weighted by Gasteiger charge is -2.31. The van der Waals surface area contributed by atoms with Crippen LogP contribution in [0.1, 0.15) is 29.0 Å². The van der Waals surface area contributed by atoms with Crippen molar-refractivity contribution >= 4 is 22.8 Å². The highest BCUT2D eigenvalue weighted by molar-refractivity contribution is 5.99. The van der Waals surface area contributed by atoms with Gasteiger partial charge in [0.2, 0.25) is 0 Å². The molecule has 2 N–H and O–H groups in total. The maximum Gasteiger partial charge on any atom is 0.290 e. The fourth-order valence-electron chi connectivity index (χ4n) is 3.61. The van der Waals surface area contributed by atoms with Gasteiger partial charge in [-0.2, -0.15) is 0 Å². The summed E-state index contributed by atoms with van der Waals surface area (Å²) in [6.45, 7) is 5.20. The first-order valence-electron chi connectivity index (χ1n) is 9.54. The van der Waals surface area contributed by atoms with Crippen molar-refractivity contribution < 1.29 is 23.6 Å². The molecule has 1 saturated carbocycles. The summed E-state index contributed by atoms with van der Waals surface area (Å²) >= 11 is 0. The van der Waals surface area contributed by atoms with Gasteiger partial charge in [0.1, 0.15) is 11.3 Å². The lowest BCUT2D eigenvalue weighted by molar-refractivity contribution is -0.896. The second-order valence-corrected chi connectivity index (χ2v) is 7.48. The van der Waals surface area contributed by atoms with E-state index in [0.717, 1.165) is 42.6 Å². The lowest BCUT2D eigenvalue weighted by Crippen LogP contribution is -3.15. The van der Waals surface area contributed by atoms with Crippen LogP contribution >= 0.6 is 0 Å². The molecule has 144 valence electrons. The van der Waals surface area contributed by atoms with Gasteiger partial charge in [-0.05, 0) is 38.0 Å². The van der Waals surface area contributed by atoms with Crippen molar-refractivity contribution in [3.05, 3.63) is 29.5 Å². The Morgan fingerprint density at radius 3 is 2.70 bits per heavy atom. The number of nitrogens with one attached hydrogen (secondary N) is 2. The van der Waals surface area contributed by atoms with Crippen molar-refractivity contribution in [1.82, 2.24) is 10.2 Å². The third-order valence-electron chi connectivity index (χ3n) is 5.45. The highest BCUT2D eigenvalue weighted by Crippen LogP contribution is 2.29. The number of rotatable bonds is 5. The molecule has 2 heterocycles. The molecule has 1 aliphatic heterocycles. The van der Waals surface area contributed by atoms with Crippen LogP contribution in [0.5, 0.6) is 5.75 Å². The molecule has 27 heavy (non-hydrogen) atoms. The molecule has 2 aromatic rings. The predicted octanol–water partition coefficient (Wildman–Crippen LogP) is 0.369. The van der Waals surface area contributed by atoms with Crippen LogP contribution in [-0.2, 0) is 4.79 Å². The molecule has 0 spiro atoms. The summed E-state index contributed by atoms with van der Waals surface area (Å²) in [5, 5.41) is 3.93. The van der Waals surface area contributed by atoms with E-state index in [9.17, 15) is 9.59 Å². The maximum atomic E-state index is 12.9. The fraction of sp³-hybridized carbons (Fsp3) is 0.500. The number of aryl methyl sites for hydroxylation is 1. The van der Waals surface area contributed by atoms with Crippen LogP contribution in [-0.4, -0.2) is 62.6 Å². The molecular formula is C20H26N3O4+. The van der Waals surface area contributed by atoms with Crippen LogP contribution < -0.4 is 15.0 Å². The van der Waals surface area contributed by atoms with E-state index in [0.29, 0.717) is 37.0 Å². The Bertz CT molecular complexity index is 863. The zero-order valence-electron chi connectivity index (χ0n) is 15.8. The molecule has 2 aliphatic rings. The predicted molar refractivity (Wildman–Crippen MR) is 100 cm³/mol. The Hall–Kier alpha value is -2.54. The Morgan fingerprint density at radius 2 is 2.04 bits per heavy atom. The van der Waals surface area contributed by atoms with Crippen LogP contribution in [0.4, 0.5) is 0 Å². The summed E-state index contributed by atoms with van der Waals surface area (Å²) in [4.78, 5) is 27.9. The Balaban J connectivity index is 1.39. The fourth-order valence-corrected chi connectivity index (χ4v) is 3.61. The van der Waals surface area contributed by atoms with E-state index in [2.05, 4.69) is 5.32 Å². The number of amides is 2. The third kappa shape index (κ3) is 3.78. The van der Waals surface area contributed by atoms with E-state index in [1.54, 1.807) is 7.11 Å². The highest BCUT2D eigenvalue weighted by Gasteiger charge is 2.30. The van der Waals surface area contributed by atoms with Crippen LogP contribution in [0, 0.1) is 6.92 Å². The molecule has 1 aromatic heterocycles. The number of methoxy groups -OCH3 is 1. The van der Waals surface area contributed by atoms with E-state index in [1.165, 1.54) is 4.90 Å². The van der Waals surface area contributed by atoms with Crippen LogP contribution in [0.15, 0.2) is 22.6 Å². The molecule has 7 nitrogen and oxygen atoms in total. The molecule has 4 rings (SSSR count). The quantitative estimate of drug-likeness (QED) is 0.795. The standard InChI is InChI=1S/C20H25N3O4/c1-13-16-11-15(26-2)5-6-17(16)27-19(13)20(25)23-9-7-22(8-10-23)12-18(24)21-14-3-4-14/h5-6,11,14H,3-4,7-10,12H2,1-2H3,(H,21,24)/p+1. The number of benzene rings is 1. The van der Waals surface area contributed by atoms with Gasteiger partial charge in [-0.1, -0.05) is 0 Å². The maximum absolute atomic E-state index is 12.9. The molecule has 0 atom stereocenters. The van der Waals surface area contributed by atoms with Gasteiger partial charge in [0.15, 0.2) is 12.3 Å². The molecule has 2 fully saturated rings. The number of hydrogen-bond donors (Lipinski definition) is 2. The van der Waals surface area contributed by atoms with Gasteiger partial charge in [-0.3, -0.25) is 9.59 Å². The topological polar surface area (TPSA) is 76.2 Å². The first-order chi connectivity index (χ1) is 13.0. The number of carbonyl (C=O) groups is 2. The Labute approximate surface area is 158 Å². The highest BCUT2D eigenvalue weighted by atomic mass is 16.5. The van der Waals surface area contributed by atoms with Gasteiger partial charge in [0, 0.05) is 17.0 Å². The van der Waals surface area contributed by atoms with E-state index < -0.39 is 0 Å². The molecule has 1 aliphatic carbocycles. The van der Waals surface area contributed by atoms with Gasteiger partial charge in [0.05, 0.1) is 33.3 Å². The summed E-state index contributed by atoms with van der Waals surface area (Å²) in [6.07, 6.45) is 2.21. The molecule has 1 aromatic carbocycles. The van der Waals surface area contributed by atoms with E-state index in [-0.39, 0.29) is 11.8 Å². The minimum atomic E-state index is -0.0795. The monoisotopic (exact) mass is 372 g/mol. The zero-order chi connectivity index (χ0) is 19.0. The van der Waals surface area contributed by atoms with Gasteiger partial charge in [0.25, 0.3) is 11.8 Å². The number of ether oxygens (including phenoxy) is 1. The summed E-state index contributed by atoms with van der Waals surface area (Å²) in [5.74, 6) is 1.18. The Morgan fingerprint density at radius 1 is 1.30 bits per heavy atom. The summed E-state index contributed by atoms with van der Waals surface area (Å²) < 4.78 is 11.1. The molecule has 0 radical (unpaired) electrons. The van der Waals surface area contributed by atoms with Crippen molar-refractivity contribution in [3.8, 4) is 5.75 Å². The number of nitrogens with zero attached hydrogens (tertiary/aromatic N) is 1. The number of piperazine rings is 1. The minimum Gasteiger partial charge on any atom is -0.497 e. The third-order valence-corrected chi connectivity index (χ3v) is 5.45. The van der Waals surface area contributed by atoms with Crippen molar-refractivity contribution in [1.29, 1.82) is 0 Å². The number of fused-ring (bicyclic) bond motifs is 1. The largest absolute Gasteiger partial charge is 0.497 e. The van der Waals surface area contributed by atoms with E-state index >= 15 is 0 Å². The molecule has 7 heteroatoms. The molecule has 2 amide bonds. The normalized spacial score (nSPS) is 17.9.